The highest BCUT2D eigenvalue weighted by molar-refractivity contribution is 7.88. The number of carbonyl (C=O) groups is 2. The second-order valence-corrected chi connectivity index (χ2v) is 30.0. The van der Waals surface area contributed by atoms with Crippen LogP contribution in [0.1, 0.15) is 73.9 Å². The fraction of sp³-hybridized carbons (Fsp3) is 0.244. The van der Waals surface area contributed by atoms with Crippen molar-refractivity contribution in [3.63, 3.8) is 0 Å². The molecular formula is C90H90ClF5N8O18S. The third-order valence-corrected chi connectivity index (χ3v) is 20.7. The number of nitrogens with two attached hydrogens (primary N) is 1. The maximum absolute atomic E-state index is 13.8. The molecule has 0 aliphatic carbocycles. The van der Waals surface area contributed by atoms with E-state index in [0.29, 0.717) is 50.3 Å². The number of nitrogens with zero attached hydrogens (tertiary/aromatic N) is 6. The van der Waals surface area contributed by atoms with Gasteiger partial charge in [-0.05, 0) is 198 Å². The smallest absolute Gasteiger partial charge is 0.507 e. The van der Waals surface area contributed by atoms with Crippen LogP contribution in [0.25, 0.3) is 65.4 Å². The highest BCUT2D eigenvalue weighted by atomic mass is 35.5. The van der Waals surface area contributed by atoms with Gasteiger partial charge in [-0.1, -0.05) is 84.9 Å². The predicted molar refractivity (Wildman–Crippen MR) is 465 cm³/mol. The number of phenolic OH excluding ortho intramolecular Hbond substituents is 1. The van der Waals surface area contributed by atoms with Crippen molar-refractivity contribution >= 4 is 117 Å². The minimum atomic E-state index is -5.86. The standard InChI is InChI=1S/C26H27FN4O2.C16H21FN4.C11H7F3O5S.2C10H8O3.C9H10O2.C8H8O3.ClH/c1-18-4-2-5-23-25(18)22(17-24(32)33-23)28-9-3-11-30-12-14-31(15-13-30)26-21-16-20(27)7-6-19(21)8-10-29-26;17-14-3-2-13-4-6-19-16(15(13)12-14)21-10-8-20(9-11-21)7-1-5-18;1-6-3-2-4-7-10(6)8(5-9(15)18-7)19-20(16,17)11(12,13)14;2*1-6-3-2-4-8-10(6)7(11)5-9(12)13-8;1-6-4-3-5-8(11)9(6)7(2)10;1-5-3-2-4-6(9)7(5)8(10)11;/h2,4-8,10,16-17,28H,3,9,11-15H2,1H3;2-4,6,12H,1,5,7-11,18H2;2-5H,1H3;2*2-5,11H,1H3;3-5,11H,1-2H3;2-4,9H,1H3,(H,10,11);1H. The van der Waals surface area contributed by atoms with E-state index in [1.807, 2.05) is 69.3 Å². The Morgan fingerprint density at radius 1 is 0.480 bits per heavy atom. The Balaban J connectivity index is 0.000000169. The van der Waals surface area contributed by atoms with Crippen molar-refractivity contribution in [2.75, 3.05) is 93.7 Å². The molecule has 26 nitrogen and oxygen atoms in total. The summed E-state index contributed by atoms with van der Waals surface area (Å²) in [6, 6.07) is 48.1. The first-order valence-electron chi connectivity index (χ1n) is 38.4. The van der Waals surface area contributed by atoms with Gasteiger partial charge in [-0.15, -0.1) is 12.4 Å². The lowest BCUT2D eigenvalue weighted by Crippen LogP contribution is -2.47. The van der Waals surface area contributed by atoms with Crippen LogP contribution in [-0.4, -0.2) is 150 Å². The molecule has 2 aliphatic heterocycles. The lowest BCUT2D eigenvalue weighted by Gasteiger charge is -2.35. The quantitative estimate of drug-likeness (QED) is 0.0133. The molecule has 0 saturated carbocycles. The molecule has 8 aromatic carbocycles. The highest BCUT2D eigenvalue weighted by Crippen LogP contribution is 2.35. The number of fused-ring (bicyclic) bond motifs is 6. The molecule has 0 bridgehead atoms. The van der Waals surface area contributed by atoms with E-state index in [4.69, 9.17) is 33.6 Å². The number of pyridine rings is 2. The van der Waals surface area contributed by atoms with E-state index in [2.05, 4.69) is 39.1 Å². The van der Waals surface area contributed by atoms with Crippen LogP contribution < -0.4 is 47.5 Å². The SMILES string of the molecule is CC(=O)c1c(C)cccc1O.Cc1cccc(O)c1C(=O)O.Cc1cccc2oc(=O)cc(NCCCN3CCN(c4nccc5ccc(F)cc45)CC3)c12.Cc1cccc2oc(=O)cc(O)c12.Cc1cccc2oc(=O)cc(O)c12.Cc1cccc2oc(=O)cc(OS(=O)(=O)C(F)(F)F)c12.Cl.NCCCN1CCN(c2nccc3ccc(F)cc23)CC1. The predicted octanol–water partition coefficient (Wildman–Crippen LogP) is 15.9. The second kappa shape index (κ2) is 42.3. The first kappa shape index (κ1) is 93.6. The number of piperazine rings is 2. The van der Waals surface area contributed by atoms with E-state index < -0.39 is 44.2 Å². The average molecular weight is 1730 g/mol. The zero-order valence-corrected chi connectivity index (χ0v) is 69.5. The molecular weight excluding hydrogens is 1640 g/mol. The summed E-state index contributed by atoms with van der Waals surface area (Å²) < 4.78 is 110. The number of ketones is 1. The lowest BCUT2D eigenvalue weighted by molar-refractivity contribution is -0.0499. The molecule has 8 N–H and O–H groups in total. The van der Waals surface area contributed by atoms with Gasteiger partial charge in [-0.3, -0.25) is 14.6 Å². The fourth-order valence-corrected chi connectivity index (χ4v) is 14.3. The Bertz CT molecular complexity index is 6300. The molecule has 0 atom stereocenters. The molecule has 0 unspecified atom stereocenters. The molecule has 14 aromatic rings. The Morgan fingerprint density at radius 2 is 0.854 bits per heavy atom. The van der Waals surface area contributed by atoms with Crippen LogP contribution in [0.3, 0.4) is 0 Å². The van der Waals surface area contributed by atoms with Crippen LogP contribution >= 0.6 is 12.4 Å². The van der Waals surface area contributed by atoms with Gasteiger partial charge < -0.3 is 68.2 Å². The fourth-order valence-electron chi connectivity index (χ4n) is 13.9. The number of nitrogens with one attached hydrogen (secondary N) is 1. The van der Waals surface area contributed by atoms with E-state index in [-0.39, 0.29) is 75.0 Å². The van der Waals surface area contributed by atoms with E-state index >= 15 is 0 Å². The number of halogens is 6. The van der Waals surface area contributed by atoms with Gasteiger partial charge in [0, 0.05) is 93.5 Å². The number of carbonyl (C=O) groups excluding carboxylic acids is 1. The highest BCUT2D eigenvalue weighted by Gasteiger charge is 2.49. The number of aromatic nitrogens is 2. The third kappa shape index (κ3) is 24.3. The Kier molecular flexibility index (Phi) is 32.2. The number of carboxylic acids is 1. The number of aromatic carboxylic acids is 1. The van der Waals surface area contributed by atoms with Gasteiger partial charge in [0.1, 0.15) is 74.2 Å². The van der Waals surface area contributed by atoms with Crippen molar-refractivity contribution in [3.8, 4) is 28.7 Å². The third-order valence-electron chi connectivity index (χ3n) is 19.8. The van der Waals surface area contributed by atoms with Crippen LogP contribution in [0.15, 0.2) is 231 Å². The Hall–Kier alpha value is -13.3. The second-order valence-electron chi connectivity index (χ2n) is 28.5. The minimum absolute atomic E-state index is 0. The number of alkyl halides is 3. The van der Waals surface area contributed by atoms with Gasteiger partial charge in [0.05, 0.1) is 45.6 Å². The molecule has 6 aromatic heterocycles. The maximum Gasteiger partial charge on any atom is 0.534 e. The number of hydrogen-bond donors (Lipinski definition) is 7. The lowest BCUT2D eigenvalue weighted by atomic mass is 10.0. The summed E-state index contributed by atoms with van der Waals surface area (Å²) >= 11 is 0. The zero-order valence-electron chi connectivity index (χ0n) is 67.9. The molecule has 33 heteroatoms. The normalized spacial score (nSPS) is 12.8. The zero-order chi connectivity index (χ0) is 88.3. The summed E-state index contributed by atoms with van der Waals surface area (Å²) in [6.07, 6.45) is 5.60. The van der Waals surface area contributed by atoms with Crippen LogP contribution in [0.4, 0.5) is 39.3 Å². The molecule has 646 valence electrons. The minimum Gasteiger partial charge on any atom is -0.507 e. The molecule has 0 radical (unpaired) electrons. The topological polar surface area (TPSA) is 376 Å². The van der Waals surface area contributed by atoms with Gasteiger partial charge in [0.15, 0.2) is 11.5 Å². The van der Waals surface area contributed by atoms with Crippen molar-refractivity contribution in [1.82, 2.24) is 19.8 Å². The van der Waals surface area contributed by atoms with Crippen molar-refractivity contribution in [2.24, 2.45) is 5.73 Å². The summed E-state index contributed by atoms with van der Waals surface area (Å²) in [6.45, 7) is 23.1. The van der Waals surface area contributed by atoms with E-state index in [0.717, 1.165) is 170 Å². The first-order valence-corrected chi connectivity index (χ1v) is 39.8. The van der Waals surface area contributed by atoms with Gasteiger partial charge in [0.2, 0.25) is 0 Å². The number of aryl methyl sites for hydroxylation is 6. The van der Waals surface area contributed by atoms with Crippen molar-refractivity contribution < 1.29 is 87.3 Å². The van der Waals surface area contributed by atoms with Crippen molar-refractivity contribution in [1.29, 1.82) is 0 Å². The number of aromatic hydroxyl groups is 4. The molecule has 0 amide bonds. The average Bonchev–Trinajstić information content (AvgIpc) is 0.794. The molecule has 2 saturated heterocycles. The van der Waals surface area contributed by atoms with Crippen LogP contribution in [0.2, 0.25) is 0 Å². The Labute approximate surface area is 707 Å². The summed E-state index contributed by atoms with van der Waals surface area (Å²) in [5.41, 5.74) is 4.82. The summed E-state index contributed by atoms with van der Waals surface area (Å²) in [7, 11) is -5.86. The number of Topliss-reactive ketones (excluding diaryl/α,β-unsaturated/α-hetero) is 1. The van der Waals surface area contributed by atoms with Crippen LogP contribution in [0, 0.1) is 53.2 Å². The first-order chi connectivity index (χ1) is 58.1. The van der Waals surface area contributed by atoms with Crippen LogP contribution in [0.5, 0.6) is 28.7 Å². The molecule has 8 heterocycles. The summed E-state index contributed by atoms with van der Waals surface area (Å²) in [4.78, 5) is 84.7. The summed E-state index contributed by atoms with van der Waals surface area (Å²) in [5.74, 6) is -0.763. The monoisotopic (exact) mass is 1730 g/mol. The molecule has 16 rings (SSSR count). The number of anilines is 3. The molecule has 123 heavy (non-hydrogen) atoms. The number of rotatable bonds is 14. The van der Waals surface area contributed by atoms with Gasteiger partial charge in [0.25, 0.3) is 0 Å². The van der Waals surface area contributed by atoms with Gasteiger partial charge >= 0.3 is 44.1 Å². The number of benzene rings is 8. The summed E-state index contributed by atoms with van der Waals surface area (Å²) in [5, 5.41) is 55.2. The van der Waals surface area contributed by atoms with E-state index in [9.17, 15) is 74.5 Å². The number of phenols is 2. The number of carboxylic acid groups (broad SMARTS) is 1. The van der Waals surface area contributed by atoms with Gasteiger partial charge in [-0.25, -0.2) is 42.7 Å². The van der Waals surface area contributed by atoms with Crippen molar-refractivity contribution in [2.45, 2.75) is 66.8 Å². The maximum atomic E-state index is 13.8. The largest absolute Gasteiger partial charge is 0.534 e. The molecule has 2 fully saturated rings. The molecule has 2 aliphatic rings. The van der Waals surface area contributed by atoms with E-state index in [1.54, 1.807) is 93.0 Å². The van der Waals surface area contributed by atoms with Crippen molar-refractivity contribution in [3.05, 3.63) is 292 Å². The number of hydrogen-bond acceptors (Lipinski definition) is 25. The Morgan fingerprint density at radius 3 is 1.25 bits per heavy atom. The van der Waals surface area contributed by atoms with E-state index in [1.165, 1.54) is 62.4 Å². The molecule has 0 spiro atoms. The van der Waals surface area contributed by atoms with Gasteiger partial charge in [-0.2, -0.15) is 21.6 Å². The van der Waals surface area contributed by atoms with Crippen LogP contribution in [-0.2, 0) is 10.1 Å².